The molecule has 1 aliphatic heterocycles. The Bertz CT molecular complexity index is 1300. The minimum absolute atomic E-state index is 0.129. The Morgan fingerprint density at radius 2 is 1.64 bits per heavy atom. The number of halogens is 2. The molecule has 33 heavy (non-hydrogen) atoms. The van der Waals surface area contributed by atoms with E-state index in [4.69, 9.17) is 11.6 Å². The quantitative estimate of drug-likeness (QED) is 0.333. The number of aryl methyl sites for hydroxylation is 1. The molecule has 0 unspecified atom stereocenters. The zero-order valence-corrected chi connectivity index (χ0v) is 20.1. The van der Waals surface area contributed by atoms with Crippen molar-refractivity contribution in [2.45, 2.75) is 19.8 Å². The first-order valence-corrected chi connectivity index (χ1v) is 11.6. The Morgan fingerprint density at radius 1 is 0.939 bits per heavy atom. The number of hydrogen-bond donors (Lipinski definition) is 1. The van der Waals surface area contributed by atoms with Crippen molar-refractivity contribution in [1.82, 2.24) is 5.32 Å². The summed E-state index contributed by atoms with van der Waals surface area (Å²) in [5.74, 6) is -1.40. The number of carbonyl (C=O) groups is 3. The van der Waals surface area contributed by atoms with Gasteiger partial charge in [0.25, 0.3) is 11.8 Å². The number of amides is 4. The van der Waals surface area contributed by atoms with Crippen molar-refractivity contribution in [1.29, 1.82) is 0 Å². The maximum absolute atomic E-state index is 13.4. The van der Waals surface area contributed by atoms with E-state index >= 15 is 0 Å². The molecule has 3 aromatic rings. The third-order valence-corrected chi connectivity index (χ3v) is 6.47. The van der Waals surface area contributed by atoms with Crippen LogP contribution in [0.2, 0.25) is 5.02 Å². The van der Waals surface area contributed by atoms with Gasteiger partial charge in [-0.05, 0) is 65.4 Å². The Hall–Kier alpha value is -3.22. The van der Waals surface area contributed by atoms with E-state index in [1.54, 1.807) is 24.3 Å². The molecule has 1 fully saturated rings. The molecule has 1 aliphatic rings. The Morgan fingerprint density at radius 3 is 2.36 bits per heavy atom. The molecule has 0 spiro atoms. The van der Waals surface area contributed by atoms with Gasteiger partial charge in [0.05, 0.1) is 5.69 Å². The number of para-hydroxylation sites is 1. The third kappa shape index (κ3) is 4.77. The summed E-state index contributed by atoms with van der Waals surface area (Å²) in [5, 5.41) is 2.77. The molecule has 1 saturated heterocycles. The summed E-state index contributed by atoms with van der Waals surface area (Å²) in [5.41, 5.74) is 3.72. The van der Waals surface area contributed by atoms with Crippen LogP contribution in [-0.4, -0.2) is 17.8 Å². The number of rotatable bonds is 5. The average molecular weight is 524 g/mol. The second kappa shape index (κ2) is 9.73. The van der Waals surface area contributed by atoms with E-state index in [-0.39, 0.29) is 5.57 Å². The van der Waals surface area contributed by atoms with Crippen molar-refractivity contribution in [2.75, 3.05) is 4.90 Å². The van der Waals surface area contributed by atoms with E-state index in [9.17, 15) is 14.4 Å². The van der Waals surface area contributed by atoms with E-state index in [0.717, 1.165) is 26.1 Å². The lowest BCUT2D eigenvalue weighted by molar-refractivity contribution is -0.122. The summed E-state index contributed by atoms with van der Waals surface area (Å²) in [4.78, 5) is 39.7. The summed E-state index contributed by atoms with van der Waals surface area (Å²) in [6.07, 6.45) is 2.70. The van der Waals surface area contributed by atoms with Gasteiger partial charge in [-0.1, -0.05) is 76.9 Å². The van der Waals surface area contributed by atoms with Gasteiger partial charge in [-0.25, -0.2) is 9.69 Å². The van der Waals surface area contributed by atoms with Gasteiger partial charge in [-0.3, -0.25) is 14.9 Å². The fourth-order valence-electron chi connectivity index (χ4n) is 3.77. The second-order valence-electron chi connectivity index (χ2n) is 7.55. The molecule has 0 bridgehead atoms. The van der Waals surface area contributed by atoms with Gasteiger partial charge in [0.15, 0.2) is 0 Å². The lowest BCUT2D eigenvalue weighted by Gasteiger charge is -2.28. The van der Waals surface area contributed by atoms with Crippen LogP contribution in [0.15, 0.2) is 76.8 Å². The molecule has 5 nitrogen and oxygen atoms in total. The van der Waals surface area contributed by atoms with E-state index < -0.39 is 17.8 Å². The van der Waals surface area contributed by atoms with E-state index in [2.05, 4.69) is 21.2 Å². The number of barbiturate groups is 1. The molecule has 3 aromatic carbocycles. The first kappa shape index (κ1) is 23.0. The van der Waals surface area contributed by atoms with Gasteiger partial charge in [-0.15, -0.1) is 0 Å². The van der Waals surface area contributed by atoms with Crippen LogP contribution in [0.25, 0.3) is 6.08 Å². The standard InChI is InChI=1S/C26H20BrClN2O3/c1-2-16-7-4-6-10-23(16)30-25(32)21(24(31)29-26(30)33)15-19-14-20(28)12-11-17(19)13-18-8-3-5-9-22(18)27/h3-12,14-15H,2,13H2,1H3,(H,29,31,33)/b21-15-. The average Bonchev–Trinajstić information content (AvgIpc) is 2.80. The van der Waals surface area contributed by atoms with Crippen LogP contribution in [0, 0.1) is 0 Å². The number of hydrogen-bond acceptors (Lipinski definition) is 3. The largest absolute Gasteiger partial charge is 0.335 e. The highest BCUT2D eigenvalue weighted by atomic mass is 79.9. The summed E-state index contributed by atoms with van der Waals surface area (Å²) >= 11 is 9.80. The van der Waals surface area contributed by atoms with Crippen LogP contribution < -0.4 is 10.2 Å². The van der Waals surface area contributed by atoms with Gasteiger partial charge in [0.2, 0.25) is 0 Å². The summed E-state index contributed by atoms with van der Waals surface area (Å²) in [6.45, 7) is 1.94. The summed E-state index contributed by atoms with van der Waals surface area (Å²) < 4.78 is 0.956. The molecule has 1 N–H and O–H groups in total. The predicted octanol–water partition coefficient (Wildman–Crippen LogP) is 5.92. The number of carbonyl (C=O) groups excluding carboxylic acids is 3. The summed E-state index contributed by atoms with van der Waals surface area (Å²) in [7, 11) is 0. The van der Waals surface area contributed by atoms with Gasteiger partial charge in [-0.2, -0.15) is 0 Å². The third-order valence-electron chi connectivity index (χ3n) is 5.46. The number of anilines is 1. The molecule has 0 aromatic heterocycles. The van der Waals surface area contributed by atoms with Crippen LogP contribution in [0.5, 0.6) is 0 Å². The van der Waals surface area contributed by atoms with Crippen LogP contribution in [-0.2, 0) is 22.4 Å². The molecule has 0 aliphatic carbocycles. The lowest BCUT2D eigenvalue weighted by Crippen LogP contribution is -2.54. The zero-order chi connectivity index (χ0) is 23.5. The van der Waals surface area contributed by atoms with Crippen LogP contribution in [0.4, 0.5) is 10.5 Å². The fourth-order valence-corrected chi connectivity index (χ4v) is 4.37. The molecule has 0 radical (unpaired) electrons. The smallest absolute Gasteiger partial charge is 0.273 e. The maximum Gasteiger partial charge on any atom is 0.335 e. The second-order valence-corrected chi connectivity index (χ2v) is 8.84. The van der Waals surface area contributed by atoms with Crippen LogP contribution in [0.1, 0.15) is 29.2 Å². The van der Waals surface area contributed by atoms with Crippen molar-refractivity contribution in [2.24, 2.45) is 0 Å². The number of imide groups is 2. The number of nitrogens with one attached hydrogen (secondary N) is 1. The van der Waals surface area contributed by atoms with Gasteiger partial charge in [0, 0.05) is 9.50 Å². The van der Waals surface area contributed by atoms with Crippen molar-refractivity contribution in [3.63, 3.8) is 0 Å². The molecular weight excluding hydrogens is 504 g/mol. The molecule has 7 heteroatoms. The van der Waals surface area contributed by atoms with E-state index in [1.165, 1.54) is 6.08 Å². The highest BCUT2D eigenvalue weighted by Crippen LogP contribution is 2.28. The Balaban J connectivity index is 1.77. The fraction of sp³-hybridized carbons (Fsp3) is 0.115. The van der Waals surface area contributed by atoms with Gasteiger partial charge >= 0.3 is 6.03 Å². The monoisotopic (exact) mass is 522 g/mol. The summed E-state index contributed by atoms with van der Waals surface area (Å²) in [6, 6.07) is 19.6. The molecule has 4 rings (SSSR count). The highest BCUT2D eigenvalue weighted by Gasteiger charge is 2.37. The van der Waals surface area contributed by atoms with Crippen molar-refractivity contribution < 1.29 is 14.4 Å². The predicted molar refractivity (Wildman–Crippen MR) is 133 cm³/mol. The first-order chi connectivity index (χ1) is 15.9. The van der Waals surface area contributed by atoms with Crippen molar-refractivity contribution >= 4 is 57.1 Å². The molecule has 0 saturated carbocycles. The molecule has 166 valence electrons. The normalized spacial score (nSPS) is 15.2. The Kier molecular flexibility index (Phi) is 6.77. The minimum Gasteiger partial charge on any atom is -0.273 e. The van der Waals surface area contributed by atoms with Crippen LogP contribution >= 0.6 is 27.5 Å². The molecular formula is C26H20BrClN2O3. The molecule has 0 atom stereocenters. The minimum atomic E-state index is -0.761. The van der Waals surface area contributed by atoms with Crippen molar-refractivity contribution in [3.05, 3.63) is 104 Å². The van der Waals surface area contributed by atoms with Crippen LogP contribution in [0.3, 0.4) is 0 Å². The van der Waals surface area contributed by atoms with Gasteiger partial charge < -0.3 is 0 Å². The van der Waals surface area contributed by atoms with Gasteiger partial charge in [0.1, 0.15) is 5.57 Å². The topological polar surface area (TPSA) is 66.5 Å². The SMILES string of the molecule is CCc1ccccc1N1C(=O)NC(=O)/C(=C/c2cc(Cl)ccc2Cc2ccccc2Br)C1=O. The number of benzene rings is 3. The first-order valence-electron chi connectivity index (χ1n) is 10.4. The molecule has 4 amide bonds. The van der Waals surface area contributed by atoms with E-state index in [1.807, 2.05) is 49.4 Å². The van der Waals surface area contributed by atoms with E-state index in [0.29, 0.717) is 29.1 Å². The molecule has 1 heterocycles. The van der Waals surface area contributed by atoms with Crippen molar-refractivity contribution in [3.8, 4) is 0 Å². The number of urea groups is 1. The highest BCUT2D eigenvalue weighted by molar-refractivity contribution is 9.10. The maximum atomic E-state index is 13.4. The Labute approximate surface area is 205 Å². The zero-order valence-electron chi connectivity index (χ0n) is 17.8. The lowest BCUT2D eigenvalue weighted by atomic mass is 9.97. The number of nitrogens with zero attached hydrogens (tertiary/aromatic N) is 1.